The number of rotatable bonds is 4. The summed E-state index contributed by atoms with van der Waals surface area (Å²) in [6.07, 6.45) is 1.87. The molecular formula is C18H17FN4S. The third-order valence-corrected chi connectivity index (χ3v) is 3.67. The molecule has 0 saturated carbocycles. The molecule has 0 radical (unpaired) electrons. The van der Waals surface area contributed by atoms with Gasteiger partial charge in [-0.2, -0.15) is 5.10 Å². The molecule has 2 aromatic carbocycles. The molecule has 24 heavy (non-hydrogen) atoms. The lowest BCUT2D eigenvalue weighted by molar-refractivity contribution is 0.632. The Balaban J connectivity index is 1.60. The molecule has 0 fully saturated rings. The second kappa shape index (κ2) is 7.23. The Labute approximate surface area is 145 Å². The van der Waals surface area contributed by atoms with E-state index >= 15 is 0 Å². The van der Waals surface area contributed by atoms with Crippen LogP contribution in [-0.2, 0) is 6.54 Å². The smallest absolute Gasteiger partial charge is 0.176 e. The van der Waals surface area contributed by atoms with Gasteiger partial charge < -0.3 is 10.6 Å². The largest absolute Gasteiger partial charge is 0.330 e. The van der Waals surface area contributed by atoms with Crippen molar-refractivity contribution >= 4 is 28.8 Å². The summed E-state index contributed by atoms with van der Waals surface area (Å²) >= 11 is 5.19. The number of hydrogen-bond acceptors (Lipinski definition) is 2. The number of aromatic nitrogens is 2. The zero-order valence-electron chi connectivity index (χ0n) is 13.2. The van der Waals surface area contributed by atoms with Crippen LogP contribution in [0.3, 0.4) is 0 Å². The van der Waals surface area contributed by atoms with Gasteiger partial charge >= 0.3 is 0 Å². The monoisotopic (exact) mass is 340 g/mol. The zero-order valence-corrected chi connectivity index (χ0v) is 14.0. The van der Waals surface area contributed by atoms with Gasteiger partial charge in [-0.25, -0.2) is 4.39 Å². The number of anilines is 2. The first-order valence-corrected chi connectivity index (χ1v) is 7.92. The predicted octanol–water partition coefficient (Wildman–Crippen LogP) is 4.19. The predicted molar refractivity (Wildman–Crippen MR) is 98.8 cm³/mol. The van der Waals surface area contributed by atoms with Crippen molar-refractivity contribution in [3.05, 3.63) is 77.7 Å². The summed E-state index contributed by atoms with van der Waals surface area (Å²) < 4.78 is 15.4. The molecule has 0 bridgehead atoms. The Hall–Kier alpha value is -2.73. The Bertz CT molecular complexity index is 842. The lowest BCUT2D eigenvalue weighted by Crippen LogP contribution is -2.20. The molecule has 0 saturated heterocycles. The Morgan fingerprint density at radius 2 is 1.83 bits per heavy atom. The number of halogens is 1. The van der Waals surface area contributed by atoms with Crippen LogP contribution >= 0.6 is 12.2 Å². The van der Waals surface area contributed by atoms with Crippen LogP contribution in [0.5, 0.6) is 0 Å². The fraction of sp³-hybridized carbons (Fsp3) is 0.111. The lowest BCUT2D eigenvalue weighted by Gasteiger charge is -2.09. The summed E-state index contributed by atoms with van der Waals surface area (Å²) in [5.74, 6) is 0.252. The molecule has 0 atom stereocenters. The molecule has 1 heterocycles. The highest BCUT2D eigenvalue weighted by atomic mass is 32.1. The molecule has 0 amide bonds. The van der Waals surface area contributed by atoms with Crippen LogP contribution in [-0.4, -0.2) is 14.9 Å². The normalized spacial score (nSPS) is 10.4. The maximum absolute atomic E-state index is 13.6. The second-order valence-corrected chi connectivity index (χ2v) is 5.85. The van der Waals surface area contributed by atoms with Gasteiger partial charge in [0.1, 0.15) is 5.82 Å². The average Bonchev–Trinajstić information content (AvgIpc) is 2.99. The topological polar surface area (TPSA) is 41.9 Å². The van der Waals surface area contributed by atoms with Crippen molar-refractivity contribution in [3.8, 4) is 0 Å². The number of thiocarbonyl (C=S) groups is 1. The summed E-state index contributed by atoms with van der Waals surface area (Å²) in [6, 6.07) is 16.5. The fourth-order valence-electron chi connectivity index (χ4n) is 2.23. The molecule has 2 N–H and O–H groups in total. The van der Waals surface area contributed by atoms with Crippen molar-refractivity contribution in [2.45, 2.75) is 13.5 Å². The van der Waals surface area contributed by atoms with Gasteiger partial charge in [-0.05, 0) is 36.8 Å². The molecule has 122 valence electrons. The van der Waals surface area contributed by atoms with E-state index in [0.717, 1.165) is 0 Å². The van der Waals surface area contributed by atoms with Gasteiger partial charge in [0.25, 0.3) is 0 Å². The van der Waals surface area contributed by atoms with Crippen LogP contribution in [0.4, 0.5) is 15.9 Å². The minimum atomic E-state index is -0.355. The third kappa shape index (κ3) is 4.17. The van der Waals surface area contributed by atoms with Crippen molar-refractivity contribution in [3.63, 3.8) is 0 Å². The maximum atomic E-state index is 13.6. The molecule has 3 aromatic rings. The first-order chi connectivity index (χ1) is 11.6. The Kier molecular flexibility index (Phi) is 4.86. The van der Waals surface area contributed by atoms with E-state index in [9.17, 15) is 4.39 Å². The number of nitrogens with one attached hydrogen (secondary N) is 2. The molecule has 0 spiro atoms. The van der Waals surface area contributed by atoms with Crippen molar-refractivity contribution in [1.29, 1.82) is 0 Å². The van der Waals surface area contributed by atoms with Gasteiger partial charge in [-0.3, -0.25) is 4.68 Å². The summed E-state index contributed by atoms with van der Waals surface area (Å²) in [7, 11) is 0. The SMILES string of the molecule is Cc1ccc(Cn2ccc(NC(=S)Nc3ccccc3F)n2)cc1. The van der Waals surface area contributed by atoms with E-state index in [2.05, 4.69) is 46.9 Å². The summed E-state index contributed by atoms with van der Waals surface area (Å²) in [6.45, 7) is 2.73. The first-order valence-electron chi connectivity index (χ1n) is 7.52. The van der Waals surface area contributed by atoms with Gasteiger partial charge in [0, 0.05) is 12.3 Å². The highest BCUT2D eigenvalue weighted by Gasteiger charge is 2.05. The summed E-state index contributed by atoms with van der Waals surface area (Å²) in [4.78, 5) is 0. The van der Waals surface area contributed by atoms with Gasteiger partial charge in [-0.1, -0.05) is 42.0 Å². The number of aryl methyl sites for hydroxylation is 1. The summed E-state index contributed by atoms with van der Waals surface area (Å²) in [5, 5.41) is 10.5. The van der Waals surface area contributed by atoms with Crippen molar-refractivity contribution < 1.29 is 4.39 Å². The molecule has 0 unspecified atom stereocenters. The number of benzene rings is 2. The van der Waals surface area contributed by atoms with Crippen LogP contribution < -0.4 is 10.6 Å². The Morgan fingerprint density at radius 3 is 2.58 bits per heavy atom. The highest BCUT2D eigenvalue weighted by Crippen LogP contribution is 2.13. The minimum Gasteiger partial charge on any atom is -0.330 e. The first kappa shape index (κ1) is 16.1. The standard InChI is InChI=1S/C18H17FN4S/c1-13-6-8-14(9-7-13)12-23-11-10-17(22-23)21-18(24)20-16-5-3-2-4-15(16)19/h2-11H,12H2,1H3,(H2,20,21,22,24). The maximum Gasteiger partial charge on any atom is 0.176 e. The van der Waals surface area contributed by atoms with E-state index < -0.39 is 0 Å². The zero-order chi connectivity index (χ0) is 16.9. The van der Waals surface area contributed by atoms with Crippen LogP contribution in [0, 0.1) is 12.7 Å². The molecule has 0 aliphatic carbocycles. The second-order valence-electron chi connectivity index (χ2n) is 5.44. The quantitative estimate of drug-likeness (QED) is 0.699. The van der Waals surface area contributed by atoms with Gasteiger partial charge in [0.2, 0.25) is 0 Å². The number of para-hydroxylation sites is 1. The van der Waals surface area contributed by atoms with Crippen molar-refractivity contribution in [2.24, 2.45) is 0 Å². The van der Waals surface area contributed by atoms with E-state index in [1.165, 1.54) is 17.2 Å². The molecule has 3 rings (SSSR count). The molecular weight excluding hydrogens is 323 g/mol. The van der Waals surface area contributed by atoms with Gasteiger partial charge in [0.15, 0.2) is 10.9 Å². The lowest BCUT2D eigenvalue weighted by atomic mass is 10.1. The number of nitrogens with zero attached hydrogens (tertiary/aromatic N) is 2. The molecule has 0 aliphatic heterocycles. The Morgan fingerprint density at radius 1 is 1.08 bits per heavy atom. The van der Waals surface area contributed by atoms with Crippen molar-refractivity contribution in [2.75, 3.05) is 10.6 Å². The van der Waals surface area contributed by atoms with E-state index in [1.807, 2.05) is 16.9 Å². The van der Waals surface area contributed by atoms with Crippen LogP contribution in [0.2, 0.25) is 0 Å². The molecule has 4 nitrogen and oxygen atoms in total. The minimum absolute atomic E-state index is 0.292. The van der Waals surface area contributed by atoms with Gasteiger partial charge in [-0.15, -0.1) is 0 Å². The highest BCUT2D eigenvalue weighted by molar-refractivity contribution is 7.80. The third-order valence-electron chi connectivity index (χ3n) is 3.47. The van der Waals surface area contributed by atoms with Gasteiger partial charge in [0.05, 0.1) is 12.2 Å². The van der Waals surface area contributed by atoms with Crippen LogP contribution in [0.1, 0.15) is 11.1 Å². The summed E-state index contributed by atoms with van der Waals surface area (Å²) in [5.41, 5.74) is 2.72. The van der Waals surface area contributed by atoms with E-state index in [0.29, 0.717) is 23.2 Å². The van der Waals surface area contributed by atoms with Crippen LogP contribution in [0.25, 0.3) is 0 Å². The van der Waals surface area contributed by atoms with E-state index in [-0.39, 0.29) is 5.82 Å². The van der Waals surface area contributed by atoms with Crippen LogP contribution in [0.15, 0.2) is 60.8 Å². The fourth-order valence-corrected chi connectivity index (χ4v) is 2.44. The van der Waals surface area contributed by atoms with E-state index in [4.69, 9.17) is 12.2 Å². The van der Waals surface area contributed by atoms with Crippen molar-refractivity contribution in [1.82, 2.24) is 9.78 Å². The molecule has 1 aromatic heterocycles. The number of hydrogen-bond donors (Lipinski definition) is 2. The average molecular weight is 340 g/mol. The molecule has 6 heteroatoms. The molecule has 0 aliphatic rings. The van der Waals surface area contributed by atoms with E-state index in [1.54, 1.807) is 18.2 Å².